The van der Waals surface area contributed by atoms with E-state index < -0.39 is 9.84 Å². The van der Waals surface area contributed by atoms with Crippen molar-refractivity contribution in [3.63, 3.8) is 0 Å². The summed E-state index contributed by atoms with van der Waals surface area (Å²) in [6.45, 7) is 0. The Kier molecular flexibility index (Phi) is 3.92. The van der Waals surface area contributed by atoms with E-state index in [0.29, 0.717) is 10.6 Å². The SMILES string of the molecule is O=S(=O)(Cc1ccc[nH]c1=NO)c1ccc(Cl)cc1. The predicted octanol–water partition coefficient (Wildman–Crippen LogP) is 1.93. The molecule has 0 aliphatic rings. The smallest absolute Gasteiger partial charge is 0.182 e. The predicted molar refractivity (Wildman–Crippen MR) is 70.5 cm³/mol. The van der Waals surface area contributed by atoms with Gasteiger partial charge in [-0.2, -0.15) is 0 Å². The van der Waals surface area contributed by atoms with Crippen LogP contribution in [0.15, 0.2) is 52.6 Å². The van der Waals surface area contributed by atoms with Crippen LogP contribution >= 0.6 is 11.6 Å². The van der Waals surface area contributed by atoms with Crippen LogP contribution in [0.3, 0.4) is 0 Å². The highest BCUT2D eigenvalue weighted by Gasteiger charge is 2.16. The molecule has 5 nitrogen and oxygen atoms in total. The third-order valence-corrected chi connectivity index (χ3v) is 4.47. The fourth-order valence-electron chi connectivity index (χ4n) is 1.60. The summed E-state index contributed by atoms with van der Waals surface area (Å²) < 4.78 is 24.4. The third kappa shape index (κ3) is 3.15. The number of benzene rings is 1. The minimum atomic E-state index is -3.51. The van der Waals surface area contributed by atoms with Crippen molar-refractivity contribution in [2.75, 3.05) is 0 Å². The molecule has 2 aromatic rings. The Morgan fingerprint density at radius 2 is 1.89 bits per heavy atom. The standard InChI is InChI=1S/C12H11ClN2O3S/c13-10-3-5-11(6-4-10)19(17,18)8-9-2-1-7-14-12(9)15-16/h1-7,16H,8H2,(H,14,15). The molecule has 0 saturated heterocycles. The number of nitrogens with zero attached hydrogens (tertiary/aromatic N) is 1. The first-order valence-corrected chi connectivity index (χ1v) is 7.39. The van der Waals surface area contributed by atoms with E-state index in [4.69, 9.17) is 16.8 Å². The molecular weight excluding hydrogens is 288 g/mol. The number of rotatable bonds is 3. The van der Waals surface area contributed by atoms with Crippen LogP contribution in [0, 0.1) is 0 Å². The number of hydrogen-bond acceptors (Lipinski definition) is 4. The number of pyridine rings is 1. The minimum Gasteiger partial charge on any atom is -0.409 e. The first-order chi connectivity index (χ1) is 9.03. The van der Waals surface area contributed by atoms with Crippen LogP contribution in [-0.2, 0) is 15.6 Å². The van der Waals surface area contributed by atoms with Gasteiger partial charge in [0.1, 0.15) is 0 Å². The van der Waals surface area contributed by atoms with Crippen LogP contribution in [0.5, 0.6) is 0 Å². The van der Waals surface area contributed by atoms with Gasteiger partial charge in [-0.25, -0.2) is 8.42 Å². The molecule has 0 aliphatic heterocycles. The molecule has 0 aliphatic carbocycles. The largest absolute Gasteiger partial charge is 0.409 e. The number of aromatic nitrogens is 1. The van der Waals surface area contributed by atoms with Gasteiger partial charge in [0.15, 0.2) is 15.3 Å². The van der Waals surface area contributed by atoms with Crippen LogP contribution < -0.4 is 5.49 Å². The Hall–Kier alpha value is -1.79. The van der Waals surface area contributed by atoms with Gasteiger partial charge in [-0.05, 0) is 30.3 Å². The van der Waals surface area contributed by atoms with Gasteiger partial charge in [0.2, 0.25) is 0 Å². The first kappa shape index (κ1) is 13.6. The number of H-pyrrole nitrogens is 1. The molecule has 19 heavy (non-hydrogen) atoms. The van der Waals surface area contributed by atoms with E-state index in [1.54, 1.807) is 18.3 Å². The maximum absolute atomic E-state index is 12.2. The van der Waals surface area contributed by atoms with Crippen LogP contribution in [0.1, 0.15) is 5.56 Å². The molecule has 7 heteroatoms. The lowest BCUT2D eigenvalue weighted by molar-refractivity contribution is 0.298. The monoisotopic (exact) mass is 298 g/mol. The van der Waals surface area contributed by atoms with Crippen molar-refractivity contribution in [1.29, 1.82) is 0 Å². The third-order valence-electron chi connectivity index (χ3n) is 2.54. The van der Waals surface area contributed by atoms with Gasteiger partial charge in [0.05, 0.1) is 10.6 Å². The van der Waals surface area contributed by atoms with Gasteiger partial charge in [-0.1, -0.05) is 22.8 Å². The average molecular weight is 299 g/mol. The van der Waals surface area contributed by atoms with Gasteiger partial charge in [-0.15, -0.1) is 0 Å². The van der Waals surface area contributed by atoms with E-state index in [2.05, 4.69) is 10.1 Å². The summed E-state index contributed by atoms with van der Waals surface area (Å²) in [5.74, 6) is -0.259. The van der Waals surface area contributed by atoms with Crippen molar-refractivity contribution >= 4 is 21.4 Å². The molecule has 0 radical (unpaired) electrons. The van der Waals surface area contributed by atoms with E-state index in [1.807, 2.05) is 0 Å². The number of hydrogen-bond donors (Lipinski definition) is 2. The van der Waals surface area contributed by atoms with Crippen molar-refractivity contribution in [2.24, 2.45) is 5.16 Å². The topological polar surface area (TPSA) is 82.5 Å². The zero-order chi connectivity index (χ0) is 13.9. The summed E-state index contributed by atoms with van der Waals surface area (Å²) in [7, 11) is -3.51. The van der Waals surface area contributed by atoms with Crippen LogP contribution in [0.4, 0.5) is 0 Å². The van der Waals surface area contributed by atoms with Crippen molar-refractivity contribution < 1.29 is 13.6 Å². The summed E-state index contributed by atoms with van der Waals surface area (Å²) in [6.07, 6.45) is 1.55. The Bertz CT molecular complexity index is 736. The molecular formula is C12H11ClN2O3S. The Balaban J connectivity index is 2.39. The van der Waals surface area contributed by atoms with Gasteiger partial charge >= 0.3 is 0 Å². The van der Waals surface area contributed by atoms with E-state index >= 15 is 0 Å². The average Bonchev–Trinajstić information content (AvgIpc) is 2.39. The van der Waals surface area contributed by atoms with E-state index in [9.17, 15) is 8.42 Å². The zero-order valence-electron chi connectivity index (χ0n) is 9.75. The first-order valence-electron chi connectivity index (χ1n) is 5.36. The van der Waals surface area contributed by atoms with Crippen molar-refractivity contribution in [2.45, 2.75) is 10.6 Å². The molecule has 0 fully saturated rings. The van der Waals surface area contributed by atoms with Crippen molar-refractivity contribution in [3.05, 3.63) is 58.7 Å². The summed E-state index contributed by atoms with van der Waals surface area (Å²) >= 11 is 5.72. The highest BCUT2D eigenvalue weighted by Crippen LogP contribution is 2.17. The second-order valence-electron chi connectivity index (χ2n) is 3.86. The molecule has 0 unspecified atom stereocenters. The van der Waals surface area contributed by atoms with E-state index in [0.717, 1.165) is 0 Å². The van der Waals surface area contributed by atoms with Gasteiger partial charge in [0.25, 0.3) is 0 Å². The lowest BCUT2D eigenvalue weighted by Gasteiger charge is -2.04. The normalized spacial score (nSPS) is 12.6. The molecule has 1 aromatic carbocycles. The number of halogens is 1. The lowest BCUT2D eigenvalue weighted by Crippen LogP contribution is -2.17. The Morgan fingerprint density at radius 3 is 2.53 bits per heavy atom. The minimum absolute atomic E-state index is 0.125. The van der Waals surface area contributed by atoms with Gasteiger partial charge < -0.3 is 10.2 Å². The van der Waals surface area contributed by atoms with Gasteiger partial charge in [0, 0.05) is 16.8 Å². The Morgan fingerprint density at radius 1 is 1.21 bits per heavy atom. The Labute approximate surface area is 115 Å². The second kappa shape index (κ2) is 5.46. The van der Waals surface area contributed by atoms with Crippen LogP contribution in [-0.4, -0.2) is 18.6 Å². The number of aromatic amines is 1. The van der Waals surface area contributed by atoms with Crippen LogP contribution in [0.2, 0.25) is 5.02 Å². The molecule has 0 atom stereocenters. The van der Waals surface area contributed by atoms with Crippen LogP contribution in [0.25, 0.3) is 0 Å². The maximum atomic E-state index is 12.2. The number of nitrogens with one attached hydrogen (secondary N) is 1. The summed E-state index contributed by atoms with van der Waals surface area (Å²) in [4.78, 5) is 2.84. The molecule has 100 valence electrons. The fourth-order valence-corrected chi connectivity index (χ4v) is 3.09. The summed E-state index contributed by atoms with van der Waals surface area (Å²) in [5, 5.41) is 12.3. The molecule has 2 N–H and O–H groups in total. The van der Waals surface area contributed by atoms with Crippen molar-refractivity contribution in [3.8, 4) is 0 Å². The quantitative estimate of drug-likeness (QED) is 0.671. The zero-order valence-corrected chi connectivity index (χ0v) is 11.3. The lowest BCUT2D eigenvalue weighted by atomic mass is 10.3. The molecule has 1 heterocycles. The van der Waals surface area contributed by atoms with Crippen molar-refractivity contribution in [1.82, 2.24) is 4.98 Å². The molecule has 2 rings (SSSR count). The number of sulfone groups is 1. The molecule has 1 aromatic heterocycles. The molecule has 0 bridgehead atoms. The summed E-state index contributed by atoms with van der Waals surface area (Å²) in [5.41, 5.74) is 0.514. The maximum Gasteiger partial charge on any atom is 0.182 e. The summed E-state index contributed by atoms with van der Waals surface area (Å²) in [6, 6.07) is 9.15. The molecule has 0 spiro atoms. The fraction of sp³-hybridized carbons (Fsp3) is 0.0833. The van der Waals surface area contributed by atoms with E-state index in [1.165, 1.54) is 24.3 Å². The van der Waals surface area contributed by atoms with E-state index in [-0.39, 0.29) is 16.1 Å². The highest BCUT2D eigenvalue weighted by molar-refractivity contribution is 7.90. The molecule has 0 saturated carbocycles. The van der Waals surface area contributed by atoms with Gasteiger partial charge in [-0.3, -0.25) is 0 Å². The second-order valence-corrected chi connectivity index (χ2v) is 6.28. The highest BCUT2D eigenvalue weighted by atomic mass is 35.5. The molecule has 0 amide bonds.